The topological polar surface area (TPSA) is 28.2 Å². The second-order valence-electron chi connectivity index (χ2n) is 7.40. The molecule has 0 unspecified atom stereocenters. The van der Waals surface area contributed by atoms with Gasteiger partial charge in [-0.3, -0.25) is 0 Å². The molecule has 2 heterocycles. The fourth-order valence-corrected chi connectivity index (χ4v) is 3.02. The van der Waals surface area contributed by atoms with E-state index in [-0.39, 0.29) is 0 Å². The summed E-state index contributed by atoms with van der Waals surface area (Å²) < 4.78 is 0. The van der Waals surface area contributed by atoms with Crippen LogP contribution in [-0.4, -0.2) is 24.1 Å². The van der Waals surface area contributed by atoms with Crippen LogP contribution in [0.15, 0.2) is 12.1 Å². The van der Waals surface area contributed by atoms with Crippen LogP contribution in [0.25, 0.3) is 0 Å². The van der Waals surface area contributed by atoms with Crippen molar-refractivity contribution in [2.45, 2.75) is 66.5 Å². The minimum Gasteiger partial charge on any atom is -0.356 e. The average Bonchev–Trinajstić information content (AvgIpc) is 2.43. The standard InChI is InChI=1S/C18H31N3/c1-6-16-10-15(12-19-14(2)3)11-17(20-16)21-9-7-8-18(4,5)13-21/h10-11,14,19H,6-9,12-13H2,1-5H3. The monoisotopic (exact) mass is 289 g/mol. The SMILES string of the molecule is CCc1cc(CNC(C)C)cc(N2CCCC(C)(C)C2)n1. The number of hydrogen-bond donors (Lipinski definition) is 1. The van der Waals surface area contributed by atoms with Crippen LogP contribution in [0.1, 0.15) is 58.7 Å². The van der Waals surface area contributed by atoms with E-state index >= 15 is 0 Å². The van der Waals surface area contributed by atoms with Gasteiger partial charge < -0.3 is 10.2 Å². The van der Waals surface area contributed by atoms with E-state index in [4.69, 9.17) is 4.98 Å². The largest absolute Gasteiger partial charge is 0.356 e. The molecule has 2 rings (SSSR count). The summed E-state index contributed by atoms with van der Waals surface area (Å²) in [5, 5.41) is 3.51. The zero-order chi connectivity index (χ0) is 15.5. The first kappa shape index (κ1) is 16.3. The summed E-state index contributed by atoms with van der Waals surface area (Å²) in [4.78, 5) is 7.34. The lowest BCUT2D eigenvalue weighted by atomic mass is 9.84. The van der Waals surface area contributed by atoms with Crippen LogP contribution in [0.5, 0.6) is 0 Å². The Hall–Kier alpha value is -1.09. The van der Waals surface area contributed by atoms with Crippen molar-refractivity contribution in [2.75, 3.05) is 18.0 Å². The maximum absolute atomic E-state index is 4.87. The van der Waals surface area contributed by atoms with Gasteiger partial charge in [0.05, 0.1) is 0 Å². The number of nitrogens with zero attached hydrogens (tertiary/aromatic N) is 2. The molecule has 0 aliphatic carbocycles. The zero-order valence-electron chi connectivity index (χ0n) is 14.4. The van der Waals surface area contributed by atoms with Gasteiger partial charge >= 0.3 is 0 Å². The first-order valence-corrected chi connectivity index (χ1v) is 8.38. The number of nitrogens with one attached hydrogen (secondary N) is 1. The second kappa shape index (κ2) is 6.78. The van der Waals surface area contributed by atoms with Gasteiger partial charge in [0.25, 0.3) is 0 Å². The molecular formula is C18H31N3. The number of aryl methyl sites for hydroxylation is 1. The van der Waals surface area contributed by atoms with Crippen LogP contribution in [0, 0.1) is 5.41 Å². The molecule has 3 heteroatoms. The third-order valence-electron chi connectivity index (χ3n) is 4.23. The van der Waals surface area contributed by atoms with Crippen molar-refractivity contribution in [1.82, 2.24) is 10.3 Å². The van der Waals surface area contributed by atoms with Crippen LogP contribution < -0.4 is 10.2 Å². The van der Waals surface area contributed by atoms with Crippen LogP contribution in [-0.2, 0) is 13.0 Å². The summed E-state index contributed by atoms with van der Waals surface area (Å²) in [6.07, 6.45) is 3.59. The molecule has 1 aliphatic heterocycles. The van der Waals surface area contributed by atoms with Crippen molar-refractivity contribution in [2.24, 2.45) is 5.41 Å². The van der Waals surface area contributed by atoms with Gasteiger partial charge in [-0.2, -0.15) is 0 Å². The third kappa shape index (κ3) is 4.70. The first-order valence-electron chi connectivity index (χ1n) is 8.38. The van der Waals surface area contributed by atoms with Gasteiger partial charge in [-0.1, -0.05) is 34.6 Å². The molecule has 3 nitrogen and oxygen atoms in total. The molecular weight excluding hydrogens is 258 g/mol. The molecule has 1 N–H and O–H groups in total. The van der Waals surface area contributed by atoms with E-state index in [0.717, 1.165) is 26.1 Å². The highest BCUT2D eigenvalue weighted by molar-refractivity contribution is 5.43. The van der Waals surface area contributed by atoms with Crippen LogP contribution in [0.2, 0.25) is 0 Å². The van der Waals surface area contributed by atoms with E-state index in [0.29, 0.717) is 11.5 Å². The predicted octanol–water partition coefficient (Wildman–Crippen LogP) is 3.77. The smallest absolute Gasteiger partial charge is 0.129 e. The average molecular weight is 289 g/mol. The summed E-state index contributed by atoms with van der Waals surface area (Å²) >= 11 is 0. The predicted molar refractivity (Wildman–Crippen MR) is 90.8 cm³/mol. The van der Waals surface area contributed by atoms with Gasteiger partial charge in [0.2, 0.25) is 0 Å². The fourth-order valence-electron chi connectivity index (χ4n) is 3.02. The molecule has 0 bridgehead atoms. The maximum atomic E-state index is 4.87. The lowest BCUT2D eigenvalue weighted by Crippen LogP contribution is -2.40. The van der Waals surface area contributed by atoms with Crippen molar-refractivity contribution in [3.8, 4) is 0 Å². The quantitative estimate of drug-likeness (QED) is 0.894. The van der Waals surface area contributed by atoms with Gasteiger partial charge in [-0.15, -0.1) is 0 Å². The van der Waals surface area contributed by atoms with Gasteiger partial charge in [0, 0.05) is 31.4 Å². The van der Waals surface area contributed by atoms with E-state index in [1.165, 1.54) is 29.9 Å². The summed E-state index contributed by atoms with van der Waals surface area (Å²) in [6, 6.07) is 5.03. The Balaban J connectivity index is 2.19. The molecule has 118 valence electrons. The first-order chi connectivity index (χ1) is 9.89. The molecule has 1 fully saturated rings. The fraction of sp³-hybridized carbons (Fsp3) is 0.722. The molecule has 0 aromatic carbocycles. The van der Waals surface area contributed by atoms with Crippen LogP contribution >= 0.6 is 0 Å². The number of rotatable bonds is 5. The minimum absolute atomic E-state index is 0.401. The lowest BCUT2D eigenvalue weighted by molar-refractivity contribution is 0.292. The number of hydrogen-bond acceptors (Lipinski definition) is 3. The summed E-state index contributed by atoms with van der Waals surface area (Å²) in [5.74, 6) is 1.17. The Bertz CT molecular complexity index is 466. The highest BCUT2D eigenvalue weighted by Crippen LogP contribution is 2.31. The number of pyridine rings is 1. The Morgan fingerprint density at radius 2 is 2.10 bits per heavy atom. The summed E-state index contributed by atoms with van der Waals surface area (Å²) in [7, 11) is 0. The van der Waals surface area contributed by atoms with Gasteiger partial charge in [0.15, 0.2) is 0 Å². The normalized spacial score (nSPS) is 18.3. The van der Waals surface area contributed by atoms with Gasteiger partial charge in [0.1, 0.15) is 5.82 Å². The summed E-state index contributed by atoms with van der Waals surface area (Å²) in [6.45, 7) is 14.5. The van der Waals surface area contributed by atoms with Crippen LogP contribution in [0.3, 0.4) is 0 Å². The Morgan fingerprint density at radius 3 is 2.71 bits per heavy atom. The van der Waals surface area contributed by atoms with Gasteiger partial charge in [-0.05, 0) is 42.4 Å². The molecule has 0 radical (unpaired) electrons. The van der Waals surface area contributed by atoms with Crippen molar-refractivity contribution >= 4 is 5.82 Å². The Morgan fingerprint density at radius 1 is 1.33 bits per heavy atom. The molecule has 0 saturated carbocycles. The lowest BCUT2D eigenvalue weighted by Gasteiger charge is -2.39. The van der Waals surface area contributed by atoms with Crippen LogP contribution in [0.4, 0.5) is 5.82 Å². The Kier molecular flexibility index (Phi) is 5.26. The molecule has 21 heavy (non-hydrogen) atoms. The highest BCUT2D eigenvalue weighted by atomic mass is 15.2. The minimum atomic E-state index is 0.401. The second-order valence-corrected chi connectivity index (χ2v) is 7.40. The zero-order valence-corrected chi connectivity index (χ0v) is 14.4. The van der Waals surface area contributed by atoms with E-state index in [9.17, 15) is 0 Å². The molecule has 0 spiro atoms. The molecule has 1 aliphatic rings. The molecule has 1 aromatic rings. The highest BCUT2D eigenvalue weighted by Gasteiger charge is 2.27. The summed E-state index contributed by atoms with van der Waals surface area (Å²) in [5.41, 5.74) is 2.96. The molecule has 1 aromatic heterocycles. The van der Waals surface area contributed by atoms with E-state index in [1.54, 1.807) is 0 Å². The third-order valence-corrected chi connectivity index (χ3v) is 4.23. The number of aromatic nitrogens is 1. The van der Waals surface area contributed by atoms with Crippen molar-refractivity contribution in [1.29, 1.82) is 0 Å². The van der Waals surface area contributed by atoms with E-state index < -0.39 is 0 Å². The van der Waals surface area contributed by atoms with Gasteiger partial charge in [-0.25, -0.2) is 4.98 Å². The number of anilines is 1. The maximum Gasteiger partial charge on any atom is 0.129 e. The molecule has 0 atom stereocenters. The molecule has 0 amide bonds. The van der Waals surface area contributed by atoms with E-state index in [2.05, 4.69) is 57.0 Å². The van der Waals surface area contributed by atoms with Crippen molar-refractivity contribution < 1.29 is 0 Å². The van der Waals surface area contributed by atoms with Crippen molar-refractivity contribution in [3.63, 3.8) is 0 Å². The number of piperidine rings is 1. The van der Waals surface area contributed by atoms with E-state index in [1.807, 2.05) is 0 Å². The van der Waals surface area contributed by atoms with Crippen molar-refractivity contribution in [3.05, 3.63) is 23.4 Å². The molecule has 1 saturated heterocycles. The Labute approximate surface area is 130 Å².